The molecule has 0 aliphatic carbocycles. The van der Waals surface area contributed by atoms with Gasteiger partial charge in [-0.1, -0.05) is 32.9 Å². The number of nitro groups is 1. The fourth-order valence-corrected chi connectivity index (χ4v) is 5.17. The van der Waals surface area contributed by atoms with Gasteiger partial charge in [0.05, 0.1) is 40.8 Å². The van der Waals surface area contributed by atoms with Crippen LogP contribution in [-0.4, -0.2) is 32.8 Å². The normalized spacial score (nSPS) is 12.2. The van der Waals surface area contributed by atoms with Gasteiger partial charge in [-0.05, 0) is 82.1 Å². The standard InChI is InChI=1S/C30H30FN5O3Si/c1-30(2,3)40(4,5)39-19-20-8-11-23(12-9-20)35-27(24-7-6-14-32-29(24)36(37)38)16-26-28(35)15-21(17-33-26)25-13-10-22(31)18-34-25/h6-18H,19H2,1-5H3. The minimum absolute atomic E-state index is 0.106. The fraction of sp³-hybridized carbons (Fsp3) is 0.233. The molecule has 5 rings (SSSR count). The molecule has 10 heteroatoms. The van der Waals surface area contributed by atoms with Crippen molar-refractivity contribution in [3.8, 4) is 28.2 Å². The molecule has 0 aliphatic heterocycles. The average molecular weight is 556 g/mol. The summed E-state index contributed by atoms with van der Waals surface area (Å²) in [6, 6.07) is 18.0. The van der Waals surface area contributed by atoms with E-state index >= 15 is 0 Å². The Labute approximate surface area is 232 Å². The molecule has 0 N–H and O–H groups in total. The molecule has 0 spiro atoms. The van der Waals surface area contributed by atoms with Crippen LogP contribution in [0.5, 0.6) is 0 Å². The summed E-state index contributed by atoms with van der Waals surface area (Å²) in [6.45, 7) is 11.6. The van der Waals surface area contributed by atoms with E-state index in [4.69, 9.17) is 4.43 Å². The third-order valence-electron chi connectivity index (χ3n) is 7.51. The first-order valence-electron chi connectivity index (χ1n) is 12.9. The summed E-state index contributed by atoms with van der Waals surface area (Å²) in [7, 11) is -1.92. The molecule has 0 saturated carbocycles. The van der Waals surface area contributed by atoms with Gasteiger partial charge in [0.1, 0.15) is 12.0 Å². The number of pyridine rings is 3. The van der Waals surface area contributed by atoms with Crippen LogP contribution >= 0.6 is 0 Å². The quantitative estimate of drug-likeness (QED) is 0.116. The summed E-state index contributed by atoms with van der Waals surface area (Å²) in [5.74, 6) is -0.670. The van der Waals surface area contributed by atoms with Crippen LogP contribution in [0.2, 0.25) is 18.1 Å². The molecule has 0 atom stereocenters. The predicted octanol–water partition coefficient (Wildman–Crippen LogP) is 7.72. The lowest BCUT2D eigenvalue weighted by atomic mass is 10.1. The topological polar surface area (TPSA) is 96.0 Å². The van der Waals surface area contributed by atoms with Crippen LogP contribution in [0, 0.1) is 15.9 Å². The van der Waals surface area contributed by atoms with Crippen LogP contribution in [0.25, 0.3) is 39.2 Å². The molecule has 204 valence electrons. The lowest BCUT2D eigenvalue weighted by Gasteiger charge is -2.36. The van der Waals surface area contributed by atoms with Crippen LogP contribution in [0.1, 0.15) is 26.3 Å². The summed E-state index contributed by atoms with van der Waals surface area (Å²) in [5.41, 5.74) is 5.41. The monoisotopic (exact) mass is 555 g/mol. The molecule has 4 heterocycles. The van der Waals surface area contributed by atoms with Crippen molar-refractivity contribution >= 4 is 25.2 Å². The van der Waals surface area contributed by atoms with Crippen LogP contribution < -0.4 is 0 Å². The summed E-state index contributed by atoms with van der Waals surface area (Å²) in [4.78, 5) is 24.2. The SMILES string of the molecule is CC(C)(C)[Si](C)(C)OCc1ccc(-n2c(-c3cccnc3[N+](=O)[O-])cc3ncc(-c4ccc(F)cn4)cc32)cc1. The lowest BCUT2D eigenvalue weighted by Crippen LogP contribution is -2.40. The number of benzene rings is 1. The van der Waals surface area contributed by atoms with Gasteiger partial charge in [-0.25, -0.2) is 4.39 Å². The van der Waals surface area contributed by atoms with Gasteiger partial charge in [0.25, 0.3) is 0 Å². The summed E-state index contributed by atoms with van der Waals surface area (Å²) in [6.07, 6.45) is 4.23. The summed E-state index contributed by atoms with van der Waals surface area (Å²) < 4.78 is 21.8. The molecular weight excluding hydrogens is 525 g/mol. The Morgan fingerprint density at radius 2 is 1.75 bits per heavy atom. The van der Waals surface area contributed by atoms with Crippen molar-refractivity contribution in [3.05, 3.63) is 101 Å². The van der Waals surface area contributed by atoms with E-state index in [1.165, 1.54) is 12.3 Å². The van der Waals surface area contributed by atoms with Crippen LogP contribution in [-0.2, 0) is 11.0 Å². The zero-order valence-corrected chi connectivity index (χ0v) is 24.1. The van der Waals surface area contributed by atoms with Gasteiger partial charge in [-0.3, -0.25) is 9.97 Å². The molecule has 1 aromatic carbocycles. The second-order valence-electron chi connectivity index (χ2n) is 11.2. The van der Waals surface area contributed by atoms with E-state index in [1.807, 2.05) is 41.0 Å². The Bertz CT molecular complexity index is 1690. The largest absolute Gasteiger partial charge is 0.413 e. The van der Waals surface area contributed by atoms with Crippen molar-refractivity contribution in [2.45, 2.75) is 45.5 Å². The maximum atomic E-state index is 13.5. The van der Waals surface area contributed by atoms with Gasteiger partial charge in [0.15, 0.2) is 8.32 Å². The molecule has 0 saturated heterocycles. The number of hydrogen-bond acceptors (Lipinski definition) is 6. The highest BCUT2D eigenvalue weighted by atomic mass is 28.4. The van der Waals surface area contributed by atoms with E-state index < -0.39 is 19.1 Å². The number of rotatable bonds is 7. The minimum atomic E-state index is -1.92. The number of hydrogen-bond donors (Lipinski definition) is 0. The zero-order valence-electron chi connectivity index (χ0n) is 23.1. The second-order valence-corrected chi connectivity index (χ2v) is 16.0. The first-order valence-corrected chi connectivity index (χ1v) is 15.8. The van der Waals surface area contributed by atoms with Gasteiger partial charge >= 0.3 is 5.82 Å². The fourth-order valence-electron chi connectivity index (χ4n) is 4.20. The first kappa shape index (κ1) is 27.3. The van der Waals surface area contributed by atoms with E-state index in [0.29, 0.717) is 34.6 Å². The van der Waals surface area contributed by atoms with E-state index in [-0.39, 0.29) is 10.9 Å². The van der Waals surface area contributed by atoms with Crippen LogP contribution in [0.3, 0.4) is 0 Å². The van der Waals surface area contributed by atoms with E-state index in [9.17, 15) is 14.5 Å². The van der Waals surface area contributed by atoms with Gasteiger partial charge in [0, 0.05) is 17.4 Å². The predicted molar refractivity (Wildman–Crippen MR) is 156 cm³/mol. The van der Waals surface area contributed by atoms with E-state index in [0.717, 1.165) is 23.0 Å². The molecule has 0 amide bonds. The van der Waals surface area contributed by atoms with Gasteiger partial charge in [-0.2, -0.15) is 0 Å². The Morgan fingerprint density at radius 1 is 1.00 bits per heavy atom. The molecule has 0 unspecified atom stereocenters. The van der Waals surface area contributed by atoms with E-state index in [1.54, 1.807) is 24.4 Å². The highest BCUT2D eigenvalue weighted by Crippen LogP contribution is 2.38. The van der Waals surface area contributed by atoms with Crippen molar-refractivity contribution in [2.24, 2.45) is 0 Å². The van der Waals surface area contributed by atoms with Crippen LogP contribution in [0.4, 0.5) is 10.2 Å². The summed E-state index contributed by atoms with van der Waals surface area (Å²) in [5, 5.41) is 12.0. The highest BCUT2D eigenvalue weighted by Gasteiger charge is 2.37. The second kappa shape index (κ2) is 10.4. The molecule has 0 aliphatic rings. The third kappa shape index (κ3) is 5.27. The van der Waals surface area contributed by atoms with Gasteiger partial charge in [-0.15, -0.1) is 0 Å². The Balaban J connectivity index is 1.63. The maximum absolute atomic E-state index is 13.5. The van der Waals surface area contributed by atoms with Crippen molar-refractivity contribution < 1.29 is 13.7 Å². The van der Waals surface area contributed by atoms with Crippen molar-refractivity contribution in [1.82, 2.24) is 19.5 Å². The number of aromatic nitrogens is 4. The van der Waals surface area contributed by atoms with Crippen molar-refractivity contribution in [2.75, 3.05) is 0 Å². The maximum Gasteiger partial charge on any atom is 0.372 e. The third-order valence-corrected chi connectivity index (χ3v) is 12.0. The zero-order chi connectivity index (χ0) is 28.7. The minimum Gasteiger partial charge on any atom is -0.413 e. The van der Waals surface area contributed by atoms with Crippen LogP contribution in [0.15, 0.2) is 79.3 Å². The lowest BCUT2D eigenvalue weighted by molar-refractivity contribution is -0.388. The molecule has 0 radical (unpaired) electrons. The van der Waals surface area contributed by atoms with Crippen molar-refractivity contribution in [3.63, 3.8) is 0 Å². The number of fused-ring (bicyclic) bond motifs is 1. The average Bonchev–Trinajstić information content (AvgIpc) is 3.30. The summed E-state index contributed by atoms with van der Waals surface area (Å²) >= 11 is 0. The highest BCUT2D eigenvalue weighted by molar-refractivity contribution is 6.74. The van der Waals surface area contributed by atoms with Gasteiger partial charge in [0.2, 0.25) is 0 Å². The van der Waals surface area contributed by atoms with Gasteiger partial charge < -0.3 is 19.1 Å². The first-order chi connectivity index (χ1) is 18.9. The van der Waals surface area contributed by atoms with Crippen molar-refractivity contribution in [1.29, 1.82) is 0 Å². The molecule has 8 nitrogen and oxygen atoms in total. The Hall–Kier alpha value is -4.28. The number of halogens is 1. The Morgan fingerprint density at radius 3 is 2.40 bits per heavy atom. The smallest absolute Gasteiger partial charge is 0.372 e. The molecule has 5 aromatic rings. The molecule has 40 heavy (non-hydrogen) atoms. The molecule has 0 fully saturated rings. The number of nitrogens with zero attached hydrogens (tertiary/aromatic N) is 5. The Kier molecular flexibility index (Phi) is 7.07. The van der Waals surface area contributed by atoms with E-state index in [2.05, 4.69) is 48.8 Å². The molecule has 4 aromatic heterocycles. The molecule has 0 bridgehead atoms. The molecular formula is C30H30FN5O3Si.